The van der Waals surface area contributed by atoms with E-state index in [0.717, 1.165) is 50.4 Å². The Bertz CT molecular complexity index is 631. The summed E-state index contributed by atoms with van der Waals surface area (Å²) in [5, 5.41) is 3.08. The van der Waals surface area contributed by atoms with E-state index in [2.05, 4.69) is 21.3 Å². The summed E-state index contributed by atoms with van der Waals surface area (Å²) in [5.74, 6) is 1.16. The zero-order valence-electron chi connectivity index (χ0n) is 13.5. The molecule has 2 aromatic rings. The molecule has 0 saturated carbocycles. The van der Waals surface area contributed by atoms with Crippen LogP contribution in [-0.4, -0.2) is 34.9 Å². The maximum atomic E-state index is 12.2. The summed E-state index contributed by atoms with van der Waals surface area (Å²) in [7, 11) is 0. The summed E-state index contributed by atoms with van der Waals surface area (Å²) < 4.78 is 5.51. The highest BCUT2D eigenvalue weighted by atomic mass is 16.3. The van der Waals surface area contributed by atoms with Gasteiger partial charge in [-0.3, -0.25) is 14.7 Å². The number of aryl methyl sites for hydroxylation is 1. The van der Waals surface area contributed by atoms with Crippen LogP contribution < -0.4 is 5.32 Å². The van der Waals surface area contributed by atoms with E-state index >= 15 is 0 Å². The third-order valence-corrected chi connectivity index (χ3v) is 4.27. The molecule has 1 N–H and O–H groups in total. The topological polar surface area (TPSA) is 58.4 Å². The van der Waals surface area contributed by atoms with Gasteiger partial charge in [-0.15, -0.1) is 0 Å². The molecular formula is C18H23N3O2. The fraction of sp³-hybridized carbons (Fsp3) is 0.444. The molecule has 3 heterocycles. The van der Waals surface area contributed by atoms with Crippen molar-refractivity contribution in [2.75, 3.05) is 13.1 Å². The van der Waals surface area contributed by atoms with Crippen molar-refractivity contribution in [3.8, 4) is 0 Å². The lowest BCUT2D eigenvalue weighted by atomic mass is 10.0. The molecule has 1 amide bonds. The number of nitrogens with zero attached hydrogens (tertiary/aromatic N) is 2. The number of nitrogens with one attached hydrogen (secondary N) is 1. The second-order valence-electron chi connectivity index (χ2n) is 5.96. The molecule has 1 aliphatic heterocycles. The molecule has 1 aliphatic rings. The Kier molecular flexibility index (Phi) is 5.08. The van der Waals surface area contributed by atoms with Crippen LogP contribution in [0.1, 0.15) is 41.8 Å². The number of piperidine rings is 1. The number of carbonyl (C=O) groups excluding carboxylic acids is 1. The molecule has 1 fully saturated rings. The number of furan rings is 1. The molecule has 0 aromatic carbocycles. The van der Waals surface area contributed by atoms with Gasteiger partial charge in [-0.25, -0.2) is 0 Å². The number of amides is 1. The first-order valence-corrected chi connectivity index (χ1v) is 8.26. The smallest absolute Gasteiger partial charge is 0.287 e. The fourth-order valence-electron chi connectivity index (χ4n) is 2.90. The summed E-state index contributed by atoms with van der Waals surface area (Å²) in [6.45, 7) is 4.83. The van der Waals surface area contributed by atoms with E-state index in [-0.39, 0.29) is 11.9 Å². The first-order valence-electron chi connectivity index (χ1n) is 8.26. The normalized spacial score (nSPS) is 16.4. The maximum Gasteiger partial charge on any atom is 0.287 e. The molecule has 0 unspecified atom stereocenters. The molecule has 23 heavy (non-hydrogen) atoms. The van der Waals surface area contributed by atoms with Crippen molar-refractivity contribution in [3.63, 3.8) is 0 Å². The Morgan fingerprint density at radius 1 is 1.30 bits per heavy atom. The van der Waals surface area contributed by atoms with Crippen LogP contribution in [0, 0.1) is 0 Å². The van der Waals surface area contributed by atoms with Gasteiger partial charge in [-0.1, -0.05) is 13.0 Å². The summed E-state index contributed by atoms with van der Waals surface area (Å²) in [5.41, 5.74) is 1.10. The van der Waals surface area contributed by atoms with Crippen LogP contribution in [0.5, 0.6) is 0 Å². The lowest BCUT2D eigenvalue weighted by Crippen LogP contribution is -2.44. The molecule has 0 spiro atoms. The molecule has 0 aliphatic carbocycles. The van der Waals surface area contributed by atoms with Gasteiger partial charge in [0, 0.05) is 38.3 Å². The van der Waals surface area contributed by atoms with Crippen molar-refractivity contribution >= 4 is 5.91 Å². The van der Waals surface area contributed by atoms with E-state index < -0.39 is 0 Å². The van der Waals surface area contributed by atoms with Crippen molar-refractivity contribution in [3.05, 3.63) is 53.7 Å². The molecule has 0 atom stereocenters. The van der Waals surface area contributed by atoms with Crippen LogP contribution >= 0.6 is 0 Å². The van der Waals surface area contributed by atoms with E-state index in [9.17, 15) is 4.79 Å². The van der Waals surface area contributed by atoms with E-state index in [4.69, 9.17) is 4.42 Å². The van der Waals surface area contributed by atoms with Crippen molar-refractivity contribution in [1.82, 2.24) is 15.2 Å². The van der Waals surface area contributed by atoms with Crippen LogP contribution in [0.25, 0.3) is 0 Å². The van der Waals surface area contributed by atoms with Crippen LogP contribution in [-0.2, 0) is 13.0 Å². The average Bonchev–Trinajstić information content (AvgIpc) is 3.07. The van der Waals surface area contributed by atoms with Crippen LogP contribution in [0.15, 0.2) is 40.9 Å². The molecule has 2 aromatic heterocycles. The van der Waals surface area contributed by atoms with Gasteiger partial charge in [-0.05, 0) is 37.1 Å². The number of aromatic nitrogens is 1. The van der Waals surface area contributed by atoms with Crippen LogP contribution in [0.4, 0.5) is 0 Å². The van der Waals surface area contributed by atoms with E-state index in [1.165, 1.54) is 0 Å². The van der Waals surface area contributed by atoms with Gasteiger partial charge in [0.25, 0.3) is 5.91 Å². The van der Waals surface area contributed by atoms with Crippen molar-refractivity contribution in [1.29, 1.82) is 0 Å². The lowest BCUT2D eigenvalue weighted by Gasteiger charge is -2.31. The highest BCUT2D eigenvalue weighted by molar-refractivity contribution is 5.91. The Morgan fingerprint density at radius 3 is 2.78 bits per heavy atom. The zero-order valence-corrected chi connectivity index (χ0v) is 13.5. The summed E-state index contributed by atoms with van der Waals surface area (Å²) in [6, 6.07) is 9.84. The Hall–Kier alpha value is -2.14. The van der Waals surface area contributed by atoms with Gasteiger partial charge >= 0.3 is 0 Å². The van der Waals surface area contributed by atoms with Crippen LogP contribution in [0.3, 0.4) is 0 Å². The highest BCUT2D eigenvalue weighted by Crippen LogP contribution is 2.14. The first kappa shape index (κ1) is 15.7. The van der Waals surface area contributed by atoms with Crippen molar-refractivity contribution < 1.29 is 9.21 Å². The number of carbonyl (C=O) groups is 1. The maximum absolute atomic E-state index is 12.2. The third-order valence-electron chi connectivity index (χ3n) is 4.27. The molecule has 5 nitrogen and oxygen atoms in total. The van der Waals surface area contributed by atoms with E-state index in [1.54, 1.807) is 6.07 Å². The molecule has 122 valence electrons. The van der Waals surface area contributed by atoms with Gasteiger partial charge in [0.15, 0.2) is 5.76 Å². The zero-order chi connectivity index (χ0) is 16.1. The molecule has 5 heteroatoms. The molecule has 0 bridgehead atoms. The van der Waals surface area contributed by atoms with Crippen molar-refractivity contribution in [2.24, 2.45) is 0 Å². The molecule has 0 radical (unpaired) electrons. The first-order chi connectivity index (χ1) is 11.2. The summed E-state index contributed by atoms with van der Waals surface area (Å²) >= 11 is 0. The third kappa shape index (κ3) is 4.20. The lowest BCUT2D eigenvalue weighted by molar-refractivity contribution is 0.0879. The standard InChI is InChI=1S/C18H23N3O2/c1-2-16-6-7-17(23-16)18(22)20-14-8-11-21(12-9-14)13-15-5-3-4-10-19-15/h3-7,10,14H,2,8-9,11-13H2,1H3,(H,20,22). The van der Waals surface area contributed by atoms with E-state index in [0.29, 0.717) is 5.76 Å². The fourth-order valence-corrected chi connectivity index (χ4v) is 2.90. The molecule has 3 rings (SSSR count). The minimum absolute atomic E-state index is 0.104. The van der Waals surface area contributed by atoms with E-state index in [1.807, 2.05) is 31.3 Å². The largest absolute Gasteiger partial charge is 0.456 e. The second-order valence-corrected chi connectivity index (χ2v) is 5.96. The minimum Gasteiger partial charge on any atom is -0.456 e. The monoisotopic (exact) mass is 313 g/mol. The van der Waals surface area contributed by atoms with Gasteiger partial charge in [0.1, 0.15) is 5.76 Å². The SMILES string of the molecule is CCc1ccc(C(=O)NC2CCN(Cc3ccccn3)CC2)o1. The van der Waals surface area contributed by atoms with Gasteiger partial charge in [0.05, 0.1) is 5.69 Å². The highest BCUT2D eigenvalue weighted by Gasteiger charge is 2.22. The average molecular weight is 313 g/mol. The summed E-state index contributed by atoms with van der Waals surface area (Å²) in [6.07, 6.45) is 4.55. The Balaban J connectivity index is 1.46. The van der Waals surface area contributed by atoms with Crippen LogP contribution in [0.2, 0.25) is 0 Å². The predicted octanol–water partition coefficient (Wildman–Crippen LogP) is 2.63. The molecular weight excluding hydrogens is 290 g/mol. The Morgan fingerprint density at radius 2 is 2.13 bits per heavy atom. The quantitative estimate of drug-likeness (QED) is 0.922. The number of hydrogen-bond donors (Lipinski definition) is 1. The number of likely N-dealkylation sites (tertiary alicyclic amines) is 1. The van der Waals surface area contributed by atoms with Gasteiger partial charge in [-0.2, -0.15) is 0 Å². The van der Waals surface area contributed by atoms with Gasteiger partial charge in [0.2, 0.25) is 0 Å². The predicted molar refractivity (Wildman–Crippen MR) is 88.1 cm³/mol. The number of pyridine rings is 1. The minimum atomic E-state index is -0.104. The van der Waals surface area contributed by atoms with Crippen molar-refractivity contribution in [2.45, 2.75) is 38.8 Å². The number of rotatable bonds is 5. The van der Waals surface area contributed by atoms with Gasteiger partial charge < -0.3 is 9.73 Å². The summed E-state index contributed by atoms with van der Waals surface area (Å²) in [4.78, 5) is 18.9. The Labute approximate surface area is 136 Å². The number of hydrogen-bond acceptors (Lipinski definition) is 4. The second kappa shape index (κ2) is 7.42. The molecule has 1 saturated heterocycles.